The van der Waals surface area contributed by atoms with Gasteiger partial charge in [0.2, 0.25) is 6.10 Å². The molecule has 0 spiro atoms. The third-order valence-corrected chi connectivity index (χ3v) is 4.15. The van der Waals surface area contributed by atoms with Gasteiger partial charge in [0, 0.05) is 36.9 Å². The molecule has 0 radical (unpaired) electrons. The van der Waals surface area contributed by atoms with Crippen molar-refractivity contribution in [2.24, 2.45) is 0 Å². The lowest BCUT2D eigenvalue weighted by atomic mass is 10.1. The number of amides is 1. The average Bonchev–Trinajstić information content (AvgIpc) is 2.72. The molecule has 0 aliphatic heterocycles. The van der Waals surface area contributed by atoms with Crippen molar-refractivity contribution in [2.75, 3.05) is 13.1 Å². The molecule has 1 atom stereocenters. The lowest BCUT2D eigenvalue weighted by molar-refractivity contribution is -0.384. The molecule has 2 aromatic carbocycles. The van der Waals surface area contributed by atoms with Crippen LogP contribution in [0.5, 0.6) is 0 Å². The van der Waals surface area contributed by atoms with Crippen LogP contribution in [-0.4, -0.2) is 34.8 Å². The lowest BCUT2D eigenvalue weighted by Gasteiger charge is -2.25. The molecular weight excluding hydrogens is 360 g/mol. The molecule has 0 N–H and O–H groups in total. The summed E-state index contributed by atoms with van der Waals surface area (Å²) in [5.74, 6) is -0.957. The molecule has 28 heavy (non-hydrogen) atoms. The highest BCUT2D eigenvalue weighted by Gasteiger charge is 2.27. The number of esters is 1. The number of nitro benzene ring substituents is 1. The molecule has 0 saturated heterocycles. The van der Waals surface area contributed by atoms with Crippen LogP contribution in [0.2, 0.25) is 0 Å². The summed E-state index contributed by atoms with van der Waals surface area (Å²) in [4.78, 5) is 36.9. The first kappa shape index (κ1) is 20.8. The maximum atomic E-state index is 12.8. The van der Waals surface area contributed by atoms with Gasteiger partial charge in [-0.15, -0.1) is 0 Å². The number of ether oxygens (including phenoxy) is 1. The fourth-order valence-electron chi connectivity index (χ4n) is 2.62. The van der Waals surface area contributed by atoms with Crippen molar-refractivity contribution in [3.05, 3.63) is 81.9 Å². The minimum Gasteiger partial charge on any atom is -0.444 e. The molecule has 0 fully saturated rings. The smallest absolute Gasteiger partial charge is 0.331 e. The first-order valence-corrected chi connectivity index (χ1v) is 8.93. The molecule has 2 aromatic rings. The van der Waals surface area contributed by atoms with E-state index < -0.39 is 17.0 Å². The standard InChI is InChI=1S/C21H22N2O5/c1-3-22(4-2)21(25)20(17-8-6-5-7-9-17)28-19(24)15-12-16-10-13-18(14-11-16)23(26)27/h5-15,20H,3-4H2,1-2H3/b15-12+/t20-/m0/s1. The van der Waals surface area contributed by atoms with Gasteiger partial charge >= 0.3 is 5.97 Å². The van der Waals surface area contributed by atoms with Crippen molar-refractivity contribution >= 4 is 23.6 Å². The summed E-state index contributed by atoms with van der Waals surface area (Å²) in [5, 5.41) is 10.7. The second kappa shape index (κ2) is 10.0. The Balaban J connectivity index is 2.15. The van der Waals surface area contributed by atoms with Crippen LogP contribution < -0.4 is 0 Å². The molecule has 1 amide bonds. The topological polar surface area (TPSA) is 89.8 Å². The predicted molar refractivity (Wildman–Crippen MR) is 105 cm³/mol. The van der Waals surface area contributed by atoms with Gasteiger partial charge in [-0.3, -0.25) is 14.9 Å². The monoisotopic (exact) mass is 382 g/mol. The minimum absolute atomic E-state index is 0.0336. The molecule has 146 valence electrons. The highest BCUT2D eigenvalue weighted by molar-refractivity contribution is 5.91. The largest absolute Gasteiger partial charge is 0.444 e. The van der Waals surface area contributed by atoms with Crippen LogP contribution >= 0.6 is 0 Å². The van der Waals surface area contributed by atoms with E-state index in [1.807, 2.05) is 19.9 Å². The summed E-state index contributed by atoms with van der Waals surface area (Å²) in [6.07, 6.45) is 1.65. The molecule has 0 aliphatic carbocycles. The summed E-state index contributed by atoms with van der Waals surface area (Å²) in [6, 6.07) is 14.6. The SMILES string of the molecule is CCN(CC)C(=O)[C@@H](OC(=O)/C=C/c1ccc([N+](=O)[O-])cc1)c1ccccc1. The number of nitrogens with zero attached hydrogens (tertiary/aromatic N) is 2. The number of carbonyl (C=O) groups is 2. The van der Waals surface area contributed by atoms with E-state index in [4.69, 9.17) is 4.74 Å². The normalized spacial score (nSPS) is 11.8. The molecular formula is C21H22N2O5. The quantitative estimate of drug-likeness (QED) is 0.300. The molecule has 0 saturated carbocycles. The fraction of sp³-hybridized carbons (Fsp3) is 0.238. The predicted octanol–water partition coefficient (Wildman–Crippen LogP) is 3.76. The van der Waals surface area contributed by atoms with E-state index in [0.29, 0.717) is 24.2 Å². The van der Waals surface area contributed by atoms with Crippen molar-refractivity contribution < 1.29 is 19.2 Å². The molecule has 7 nitrogen and oxygen atoms in total. The van der Waals surface area contributed by atoms with Crippen LogP contribution in [0.25, 0.3) is 6.08 Å². The maximum absolute atomic E-state index is 12.8. The third-order valence-electron chi connectivity index (χ3n) is 4.15. The third kappa shape index (κ3) is 5.51. The van der Waals surface area contributed by atoms with E-state index in [9.17, 15) is 19.7 Å². The van der Waals surface area contributed by atoms with Gasteiger partial charge in [0.15, 0.2) is 0 Å². The van der Waals surface area contributed by atoms with E-state index in [2.05, 4.69) is 0 Å². The first-order chi connectivity index (χ1) is 13.5. The lowest BCUT2D eigenvalue weighted by Crippen LogP contribution is -2.36. The Labute approximate surface area is 163 Å². The maximum Gasteiger partial charge on any atom is 0.331 e. The Kier molecular flexibility index (Phi) is 7.45. The second-order valence-corrected chi connectivity index (χ2v) is 5.92. The number of hydrogen-bond donors (Lipinski definition) is 0. The Morgan fingerprint density at radius 1 is 1.07 bits per heavy atom. The average molecular weight is 382 g/mol. The van der Waals surface area contributed by atoms with Gasteiger partial charge in [-0.1, -0.05) is 30.3 Å². The van der Waals surface area contributed by atoms with Gasteiger partial charge in [0.25, 0.3) is 11.6 Å². The van der Waals surface area contributed by atoms with Crippen LogP contribution in [-0.2, 0) is 14.3 Å². The Morgan fingerprint density at radius 2 is 1.68 bits per heavy atom. The Morgan fingerprint density at radius 3 is 2.21 bits per heavy atom. The van der Waals surface area contributed by atoms with Crippen molar-refractivity contribution in [1.82, 2.24) is 4.90 Å². The molecule has 0 unspecified atom stereocenters. The number of carbonyl (C=O) groups excluding carboxylic acids is 2. The Hall–Kier alpha value is -3.48. The number of non-ortho nitro benzene ring substituents is 1. The summed E-state index contributed by atoms with van der Waals surface area (Å²) in [5.41, 5.74) is 1.17. The van der Waals surface area contributed by atoms with Gasteiger partial charge in [-0.2, -0.15) is 0 Å². The van der Waals surface area contributed by atoms with Crippen molar-refractivity contribution in [2.45, 2.75) is 20.0 Å². The van der Waals surface area contributed by atoms with E-state index in [1.165, 1.54) is 36.4 Å². The van der Waals surface area contributed by atoms with Crippen LogP contribution in [0.3, 0.4) is 0 Å². The van der Waals surface area contributed by atoms with Crippen molar-refractivity contribution in [1.29, 1.82) is 0 Å². The molecule has 2 rings (SSSR count). The van der Waals surface area contributed by atoms with Gasteiger partial charge in [-0.05, 0) is 37.6 Å². The highest BCUT2D eigenvalue weighted by Crippen LogP contribution is 2.21. The molecule has 7 heteroatoms. The van der Waals surface area contributed by atoms with Crippen molar-refractivity contribution in [3.8, 4) is 0 Å². The number of hydrogen-bond acceptors (Lipinski definition) is 5. The summed E-state index contributed by atoms with van der Waals surface area (Å²) in [6.45, 7) is 4.74. The zero-order valence-electron chi connectivity index (χ0n) is 15.8. The van der Waals surface area contributed by atoms with Crippen LogP contribution in [0.1, 0.15) is 31.1 Å². The molecule has 0 heterocycles. The fourth-order valence-corrected chi connectivity index (χ4v) is 2.62. The van der Waals surface area contributed by atoms with E-state index >= 15 is 0 Å². The second-order valence-electron chi connectivity index (χ2n) is 5.92. The molecule has 0 bridgehead atoms. The van der Waals surface area contributed by atoms with Gasteiger partial charge < -0.3 is 9.64 Å². The van der Waals surface area contributed by atoms with Gasteiger partial charge in [-0.25, -0.2) is 4.79 Å². The van der Waals surface area contributed by atoms with Gasteiger partial charge in [0.1, 0.15) is 0 Å². The summed E-state index contributed by atoms with van der Waals surface area (Å²) < 4.78 is 5.44. The van der Waals surface area contributed by atoms with Crippen LogP contribution in [0.15, 0.2) is 60.7 Å². The number of rotatable bonds is 8. The zero-order chi connectivity index (χ0) is 20.5. The number of likely N-dealkylation sites (N-methyl/N-ethyl adjacent to an activating group) is 1. The van der Waals surface area contributed by atoms with E-state index in [1.54, 1.807) is 29.2 Å². The Bertz CT molecular complexity index is 843. The zero-order valence-corrected chi connectivity index (χ0v) is 15.8. The first-order valence-electron chi connectivity index (χ1n) is 8.93. The van der Waals surface area contributed by atoms with E-state index in [-0.39, 0.29) is 11.6 Å². The molecule has 0 aliphatic rings. The summed E-state index contributed by atoms with van der Waals surface area (Å²) >= 11 is 0. The minimum atomic E-state index is -1.03. The number of benzene rings is 2. The van der Waals surface area contributed by atoms with Crippen LogP contribution in [0.4, 0.5) is 5.69 Å². The van der Waals surface area contributed by atoms with E-state index in [0.717, 1.165) is 0 Å². The molecule has 0 aromatic heterocycles. The highest BCUT2D eigenvalue weighted by atomic mass is 16.6. The van der Waals surface area contributed by atoms with Crippen LogP contribution in [0, 0.1) is 10.1 Å². The summed E-state index contributed by atoms with van der Waals surface area (Å²) in [7, 11) is 0. The van der Waals surface area contributed by atoms with Crippen molar-refractivity contribution in [3.63, 3.8) is 0 Å². The van der Waals surface area contributed by atoms with Gasteiger partial charge in [0.05, 0.1) is 4.92 Å². The number of nitro groups is 1.